The second kappa shape index (κ2) is 5.07. The molecule has 0 saturated carbocycles. The van der Waals surface area contributed by atoms with Gasteiger partial charge in [-0.2, -0.15) is 0 Å². The average molecular weight is 246 g/mol. The summed E-state index contributed by atoms with van der Waals surface area (Å²) in [6, 6.07) is 23.8. The van der Waals surface area contributed by atoms with E-state index in [1.165, 1.54) is 0 Å². The Morgan fingerprint density at radius 1 is 0.737 bits per heavy atom. The Labute approximate surface area is 112 Å². The van der Waals surface area contributed by atoms with Crippen molar-refractivity contribution in [3.63, 3.8) is 0 Å². The zero-order chi connectivity index (χ0) is 13.1. The molecule has 0 amide bonds. The van der Waals surface area contributed by atoms with Gasteiger partial charge < -0.3 is 0 Å². The van der Waals surface area contributed by atoms with Gasteiger partial charge in [0.05, 0.1) is 0 Å². The number of rotatable bonds is 3. The Hall–Kier alpha value is -2.41. The van der Waals surface area contributed by atoms with Gasteiger partial charge >= 0.3 is 0 Å². The Morgan fingerprint density at radius 3 is 2.26 bits per heavy atom. The molecule has 3 rings (SSSR count). The molecule has 3 aromatic rings. The second-order valence-electron chi connectivity index (χ2n) is 4.61. The Morgan fingerprint density at radius 2 is 1.42 bits per heavy atom. The zero-order valence-electron chi connectivity index (χ0n) is 10.5. The standard InChI is InChI=1S/C18H14O/c19-18(13-14-7-2-1-3-8-14)17-12-6-10-15-9-4-5-11-16(15)17/h1-12H,13H2. The SMILES string of the molecule is O=C(Cc1ccccc1)c1cccc2ccccc12. The van der Waals surface area contributed by atoms with Crippen molar-refractivity contribution in [1.82, 2.24) is 0 Å². The Bertz CT molecular complexity index is 709. The summed E-state index contributed by atoms with van der Waals surface area (Å²) >= 11 is 0. The van der Waals surface area contributed by atoms with E-state index in [-0.39, 0.29) is 5.78 Å². The molecule has 0 aliphatic carbocycles. The number of Topliss-reactive ketones (excluding diaryl/α,β-unsaturated/α-hetero) is 1. The minimum Gasteiger partial charge on any atom is -0.294 e. The molecule has 0 heterocycles. The Kier molecular flexibility index (Phi) is 3.11. The minimum absolute atomic E-state index is 0.169. The van der Waals surface area contributed by atoms with E-state index < -0.39 is 0 Å². The fraction of sp³-hybridized carbons (Fsp3) is 0.0556. The summed E-state index contributed by atoms with van der Waals surface area (Å²) in [5.74, 6) is 0.169. The second-order valence-corrected chi connectivity index (χ2v) is 4.61. The van der Waals surface area contributed by atoms with Gasteiger partial charge in [-0.15, -0.1) is 0 Å². The van der Waals surface area contributed by atoms with Crippen molar-refractivity contribution in [2.75, 3.05) is 0 Å². The van der Waals surface area contributed by atoms with Crippen LogP contribution in [0.5, 0.6) is 0 Å². The van der Waals surface area contributed by atoms with Crippen molar-refractivity contribution in [1.29, 1.82) is 0 Å². The molecule has 92 valence electrons. The van der Waals surface area contributed by atoms with Gasteiger partial charge in [-0.1, -0.05) is 72.8 Å². The van der Waals surface area contributed by atoms with Gasteiger partial charge in [-0.05, 0) is 16.3 Å². The van der Waals surface area contributed by atoms with Crippen molar-refractivity contribution in [3.05, 3.63) is 83.9 Å². The molecule has 19 heavy (non-hydrogen) atoms. The number of hydrogen-bond donors (Lipinski definition) is 0. The molecule has 1 heteroatoms. The highest BCUT2D eigenvalue weighted by atomic mass is 16.1. The van der Waals surface area contributed by atoms with Crippen LogP contribution in [-0.2, 0) is 6.42 Å². The molecule has 0 N–H and O–H groups in total. The van der Waals surface area contributed by atoms with E-state index in [2.05, 4.69) is 0 Å². The van der Waals surface area contributed by atoms with Crippen LogP contribution in [0, 0.1) is 0 Å². The molecular formula is C18H14O. The predicted octanol–water partition coefficient (Wildman–Crippen LogP) is 4.27. The average Bonchev–Trinajstić information content (AvgIpc) is 2.47. The molecule has 0 spiro atoms. The van der Waals surface area contributed by atoms with Crippen LogP contribution in [0.2, 0.25) is 0 Å². The number of hydrogen-bond acceptors (Lipinski definition) is 1. The lowest BCUT2D eigenvalue weighted by atomic mass is 9.97. The van der Waals surface area contributed by atoms with Gasteiger partial charge in [0.2, 0.25) is 0 Å². The first-order valence-electron chi connectivity index (χ1n) is 6.39. The smallest absolute Gasteiger partial charge is 0.167 e. The third-order valence-electron chi connectivity index (χ3n) is 3.30. The maximum absolute atomic E-state index is 12.4. The van der Waals surface area contributed by atoms with Crippen LogP contribution in [0.3, 0.4) is 0 Å². The summed E-state index contributed by atoms with van der Waals surface area (Å²) in [4.78, 5) is 12.4. The highest BCUT2D eigenvalue weighted by molar-refractivity contribution is 6.08. The molecule has 0 aromatic heterocycles. The van der Waals surface area contributed by atoms with Crippen LogP contribution in [-0.4, -0.2) is 5.78 Å². The highest BCUT2D eigenvalue weighted by Crippen LogP contribution is 2.20. The molecule has 0 bridgehead atoms. The summed E-state index contributed by atoms with van der Waals surface area (Å²) in [5.41, 5.74) is 1.86. The van der Waals surface area contributed by atoms with E-state index in [1.54, 1.807) is 0 Å². The quantitative estimate of drug-likeness (QED) is 0.631. The minimum atomic E-state index is 0.169. The summed E-state index contributed by atoms with van der Waals surface area (Å²) < 4.78 is 0. The lowest BCUT2D eigenvalue weighted by molar-refractivity contribution is 0.0994. The number of fused-ring (bicyclic) bond motifs is 1. The molecule has 3 aromatic carbocycles. The van der Waals surface area contributed by atoms with Crippen LogP contribution in [0.15, 0.2) is 72.8 Å². The zero-order valence-corrected chi connectivity index (χ0v) is 10.5. The molecule has 0 saturated heterocycles. The van der Waals surface area contributed by atoms with E-state index in [0.29, 0.717) is 6.42 Å². The van der Waals surface area contributed by atoms with Crippen LogP contribution < -0.4 is 0 Å². The van der Waals surface area contributed by atoms with E-state index in [1.807, 2.05) is 72.8 Å². The van der Waals surface area contributed by atoms with Gasteiger partial charge in [0.25, 0.3) is 0 Å². The van der Waals surface area contributed by atoms with Crippen molar-refractivity contribution in [2.24, 2.45) is 0 Å². The largest absolute Gasteiger partial charge is 0.294 e. The van der Waals surface area contributed by atoms with Crippen molar-refractivity contribution in [3.8, 4) is 0 Å². The third-order valence-corrected chi connectivity index (χ3v) is 3.30. The first kappa shape index (κ1) is 11.7. The monoisotopic (exact) mass is 246 g/mol. The molecule has 0 aliphatic heterocycles. The molecular weight excluding hydrogens is 232 g/mol. The lowest BCUT2D eigenvalue weighted by Gasteiger charge is -2.05. The van der Waals surface area contributed by atoms with Crippen LogP contribution in [0.4, 0.5) is 0 Å². The van der Waals surface area contributed by atoms with Crippen molar-refractivity contribution < 1.29 is 4.79 Å². The van der Waals surface area contributed by atoms with Crippen LogP contribution in [0.25, 0.3) is 10.8 Å². The number of carbonyl (C=O) groups excluding carboxylic acids is 1. The molecule has 0 atom stereocenters. The normalized spacial score (nSPS) is 10.5. The van der Waals surface area contributed by atoms with E-state index in [9.17, 15) is 4.79 Å². The summed E-state index contributed by atoms with van der Waals surface area (Å²) in [5, 5.41) is 2.15. The lowest BCUT2D eigenvalue weighted by Crippen LogP contribution is -2.04. The summed E-state index contributed by atoms with van der Waals surface area (Å²) in [6.07, 6.45) is 0.453. The molecule has 0 unspecified atom stereocenters. The predicted molar refractivity (Wildman–Crippen MR) is 78.4 cm³/mol. The van der Waals surface area contributed by atoms with Gasteiger partial charge in [0.1, 0.15) is 0 Å². The third kappa shape index (κ3) is 2.41. The van der Waals surface area contributed by atoms with Crippen molar-refractivity contribution in [2.45, 2.75) is 6.42 Å². The first-order chi connectivity index (χ1) is 9.34. The van der Waals surface area contributed by atoms with Crippen molar-refractivity contribution >= 4 is 16.6 Å². The summed E-state index contributed by atoms with van der Waals surface area (Å²) in [7, 11) is 0. The summed E-state index contributed by atoms with van der Waals surface area (Å²) in [6.45, 7) is 0. The molecule has 0 radical (unpaired) electrons. The topological polar surface area (TPSA) is 17.1 Å². The van der Waals surface area contributed by atoms with Gasteiger partial charge in [-0.3, -0.25) is 4.79 Å². The van der Waals surface area contributed by atoms with Crippen LogP contribution in [0.1, 0.15) is 15.9 Å². The maximum atomic E-state index is 12.4. The van der Waals surface area contributed by atoms with Crippen LogP contribution >= 0.6 is 0 Å². The first-order valence-corrected chi connectivity index (χ1v) is 6.39. The van der Waals surface area contributed by atoms with E-state index in [0.717, 1.165) is 21.9 Å². The number of ketones is 1. The molecule has 0 fully saturated rings. The number of carbonyl (C=O) groups is 1. The Balaban J connectivity index is 1.98. The van der Waals surface area contributed by atoms with Gasteiger partial charge in [0, 0.05) is 12.0 Å². The van der Waals surface area contributed by atoms with E-state index >= 15 is 0 Å². The van der Waals surface area contributed by atoms with E-state index in [4.69, 9.17) is 0 Å². The fourth-order valence-electron chi connectivity index (χ4n) is 2.35. The molecule has 1 nitrogen and oxygen atoms in total. The maximum Gasteiger partial charge on any atom is 0.167 e. The fourth-order valence-corrected chi connectivity index (χ4v) is 2.35. The van der Waals surface area contributed by atoms with Gasteiger partial charge in [0.15, 0.2) is 5.78 Å². The number of benzene rings is 3. The highest BCUT2D eigenvalue weighted by Gasteiger charge is 2.10. The molecule has 0 aliphatic rings. The van der Waals surface area contributed by atoms with Gasteiger partial charge in [-0.25, -0.2) is 0 Å².